The van der Waals surface area contributed by atoms with Crippen molar-refractivity contribution in [3.8, 4) is 0 Å². The second-order valence-electron chi connectivity index (χ2n) is 7.18. The zero-order chi connectivity index (χ0) is 15.8. The van der Waals surface area contributed by atoms with Crippen molar-refractivity contribution in [3.63, 3.8) is 0 Å². The van der Waals surface area contributed by atoms with Gasteiger partial charge in [-0.1, -0.05) is 0 Å². The highest BCUT2D eigenvalue weighted by molar-refractivity contribution is 5.85. The average Bonchev–Trinajstić information content (AvgIpc) is 3.07. The number of rotatable bonds is 2. The van der Waals surface area contributed by atoms with Crippen molar-refractivity contribution < 1.29 is 4.79 Å². The molecular weight excluding hydrogens is 326 g/mol. The highest BCUT2D eigenvalue weighted by Gasteiger charge is 2.50. The maximum Gasteiger partial charge on any atom is 0.227 e. The lowest BCUT2D eigenvalue weighted by Crippen LogP contribution is -2.48. The number of halogens is 1. The number of anilines is 1. The van der Waals surface area contributed by atoms with Crippen LogP contribution in [-0.4, -0.2) is 53.2 Å². The van der Waals surface area contributed by atoms with E-state index in [0.29, 0.717) is 17.7 Å². The molecule has 4 unspecified atom stereocenters. The Hall–Kier alpha value is -1.40. The van der Waals surface area contributed by atoms with Gasteiger partial charge in [0.1, 0.15) is 0 Å². The summed E-state index contributed by atoms with van der Waals surface area (Å²) in [4.78, 5) is 17.3. The number of nitrogens with zero attached hydrogens (tertiary/aromatic N) is 4. The third kappa shape index (κ3) is 3.09. The second-order valence-corrected chi connectivity index (χ2v) is 7.18. The number of carbonyl (C=O) groups is 1. The summed E-state index contributed by atoms with van der Waals surface area (Å²) in [5.74, 6) is 2.37. The van der Waals surface area contributed by atoms with Crippen LogP contribution in [0.1, 0.15) is 25.7 Å². The molecule has 1 aromatic rings. The molecule has 7 heteroatoms. The quantitative estimate of drug-likeness (QED) is 0.869. The smallest absolute Gasteiger partial charge is 0.227 e. The van der Waals surface area contributed by atoms with Crippen LogP contribution >= 0.6 is 12.4 Å². The number of hydrogen-bond acceptors (Lipinski definition) is 5. The fourth-order valence-corrected chi connectivity index (χ4v) is 4.74. The van der Waals surface area contributed by atoms with Crippen LogP contribution in [0.4, 0.5) is 5.82 Å². The number of carbonyl (C=O) groups excluding carboxylic acids is 1. The van der Waals surface area contributed by atoms with Gasteiger partial charge in [0.05, 0.1) is 5.92 Å². The molecule has 132 valence electrons. The fraction of sp³-hybridized carbons (Fsp3) is 0.706. The molecule has 1 saturated heterocycles. The Bertz CT molecular complexity index is 569. The highest BCUT2D eigenvalue weighted by atomic mass is 35.5. The highest BCUT2D eigenvalue weighted by Crippen LogP contribution is 2.48. The molecule has 4 atom stereocenters. The fourth-order valence-electron chi connectivity index (χ4n) is 4.74. The van der Waals surface area contributed by atoms with Crippen molar-refractivity contribution in [2.75, 3.05) is 31.1 Å². The largest absolute Gasteiger partial charge is 0.353 e. The summed E-state index contributed by atoms with van der Waals surface area (Å²) in [7, 11) is 0. The van der Waals surface area contributed by atoms with Gasteiger partial charge < -0.3 is 15.5 Å². The summed E-state index contributed by atoms with van der Waals surface area (Å²) >= 11 is 0. The first kappa shape index (κ1) is 17.4. The molecule has 2 N–H and O–H groups in total. The maximum absolute atomic E-state index is 13.0. The Morgan fingerprint density at radius 3 is 2.71 bits per heavy atom. The van der Waals surface area contributed by atoms with Crippen molar-refractivity contribution in [1.82, 2.24) is 15.1 Å². The van der Waals surface area contributed by atoms with Gasteiger partial charge >= 0.3 is 0 Å². The van der Waals surface area contributed by atoms with Crippen LogP contribution in [0.25, 0.3) is 0 Å². The molecule has 0 spiro atoms. The monoisotopic (exact) mass is 351 g/mol. The standard InChI is InChI=1S/C17H25N5O.ClH/c18-16-13-5-4-12(11-13)15(16)17(23)22-8-2-7-21(9-10-22)14-3-1-6-19-20-14;/h1,3,6,12-13,15-16H,2,4-5,7-11,18H2;1H. The Morgan fingerprint density at radius 2 is 2.00 bits per heavy atom. The zero-order valence-electron chi connectivity index (χ0n) is 13.9. The van der Waals surface area contributed by atoms with Crippen LogP contribution in [0, 0.1) is 17.8 Å². The molecule has 3 aliphatic rings. The second kappa shape index (κ2) is 7.23. The van der Waals surface area contributed by atoms with E-state index < -0.39 is 0 Å². The van der Waals surface area contributed by atoms with Gasteiger partial charge in [-0.2, -0.15) is 5.10 Å². The lowest BCUT2D eigenvalue weighted by Gasteiger charge is -2.32. The molecule has 3 fully saturated rings. The van der Waals surface area contributed by atoms with Crippen molar-refractivity contribution in [1.29, 1.82) is 0 Å². The first-order valence-corrected chi connectivity index (χ1v) is 8.81. The third-order valence-electron chi connectivity index (χ3n) is 5.96. The Labute approximate surface area is 149 Å². The Morgan fingerprint density at radius 1 is 1.17 bits per heavy atom. The van der Waals surface area contributed by atoms with Crippen molar-refractivity contribution in [2.24, 2.45) is 23.5 Å². The van der Waals surface area contributed by atoms with E-state index in [1.54, 1.807) is 6.20 Å². The molecule has 2 heterocycles. The molecule has 1 aliphatic heterocycles. The average molecular weight is 352 g/mol. The molecule has 6 nitrogen and oxygen atoms in total. The summed E-state index contributed by atoms with van der Waals surface area (Å²) in [5, 5.41) is 8.14. The minimum atomic E-state index is 0. The van der Waals surface area contributed by atoms with Gasteiger partial charge in [0.2, 0.25) is 5.91 Å². The van der Waals surface area contributed by atoms with Crippen LogP contribution in [0.5, 0.6) is 0 Å². The molecule has 1 amide bonds. The lowest BCUT2D eigenvalue weighted by atomic mass is 9.84. The molecule has 0 aromatic carbocycles. The van der Waals surface area contributed by atoms with Crippen LogP contribution in [0.3, 0.4) is 0 Å². The minimum absolute atomic E-state index is 0. The number of nitrogens with two attached hydrogens (primary N) is 1. The van der Waals surface area contributed by atoms with E-state index in [1.165, 1.54) is 12.8 Å². The van der Waals surface area contributed by atoms with Crippen LogP contribution in [-0.2, 0) is 4.79 Å². The van der Waals surface area contributed by atoms with Gasteiger partial charge in [-0.05, 0) is 49.7 Å². The number of hydrogen-bond donors (Lipinski definition) is 1. The van der Waals surface area contributed by atoms with Crippen molar-refractivity contribution in [2.45, 2.75) is 31.7 Å². The first-order chi connectivity index (χ1) is 11.2. The maximum atomic E-state index is 13.0. The van der Waals surface area contributed by atoms with Crippen molar-refractivity contribution >= 4 is 24.1 Å². The SMILES string of the molecule is Cl.NC1C2CCC(C2)C1C(=O)N1CCCN(c2cccnn2)CC1. The first-order valence-electron chi connectivity index (χ1n) is 8.81. The van der Waals surface area contributed by atoms with Crippen LogP contribution < -0.4 is 10.6 Å². The molecular formula is C17H26ClN5O. The van der Waals surface area contributed by atoms with Gasteiger partial charge in [0.25, 0.3) is 0 Å². The van der Waals surface area contributed by atoms with Gasteiger partial charge in [-0.3, -0.25) is 4.79 Å². The topological polar surface area (TPSA) is 75.4 Å². The molecule has 1 aromatic heterocycles. The van der Waals surface area contributed by atoms with E-state index in [-0.39, 0.29) is 24.4 Å². The van der Waals surface area contributed by atoms with E-state index in [0.717, 1.165) is 44.8 Å². The van der Waals surface area contributed by atoms with Gasteiger partial charge in [0.15, 0.2) is 5.82 Å². The molecule has 2 aliphatic carbocycles. The Balaban J connectivity index is 0.00000169. The summed E-state index contributed by atoms with van der Waals surface area (Å²) < 4.78 is 0. The zero-order valence-corrected chi connectivity index (χ0v) is 14.7. The van der Waals surface area contributed by atoms with Gasteiger partial charge in [-0.25, -0.2) is 0 Å². The van der Waals surface area contributed by atoms with Crippen LogP contribution in [0.15, 0.2) is 18.3 Å². The number of aromatic nitrogens is 2. The van der Waals surface area contributed by atoms with Gasteiger partial charge in [0, 0.05) is 38.4 Å². The number of fused-ring (bicyclic) bond motifs is 2. The van der Waals surface area contributed by atoms with Gasteiger partial charge in [-0.15, -0.1) is 17.5 Å². The van der Waals surface area contributed by atoms with E-state index >= 15 is 0 Å². The van der Waals surface area contributed by atoms with E-state index in [1.807, 2.05) is 17.0 Å². The Kier molecular flexibility index (Phi) is 5.25. The van der Waals surface area contributed by atoms with E-state index in [9.17, 15) is 4.79 Å². The van der Waals surface area contributed by atoms with E-state index in [2.05, 4.69) is 15.1 Å². The lowest BCUT2D eigenvalue weighted by molar-refractivity contribution is -0.137. The summed E-state index contributed by atoms with van der Waals surface area (Å²) in [6.07, 6.45) is 6.23. The summed E-state index contributed by atoms with van der Waals surface area (Å²) in [5.41, 5.74) is 6.35. The molecule has 2 saturated carbocycles. The predicted octanol–water partition coefficient (Wildman–Crippen LogP) is 1.31. The summed E-state index contributed by atoms with van der Waals surface area (Å²) in [6, 6.07) is 3.97. The molecule has 2 bridgehead atoms. The summed E-state index contributed by atoms with van der Waals surface area (Å²) in [6.45, 7) is 3.33. The van der Waals surface area contributed by atoms with Crippen molar-refractivity contribution in [3.05, 3.63) is 18.3 Å². The minimum Gasteiger partial charge on any atom is -0.353 e. The predicted molar refractivity (Wildman–Crippen MR) is 95.0 cm³/mol. The normalized spacial score (nSPS) is 32.4. The van der Waals surface area contributed by atoms with E-state index in [4.69, 9.17) is 5.73 Å². The third-order valence-corrected chi connectivity index (χ3v) is 5.96. The molecule has 4 rings (SSSR count). The molecule has 0 radical (unpaired) electrons. The van der Waals surface area contributed by atoms with Crippen LogP contribution in [0.2, 0.25) is 0 Å². The number of amides is 1. The molecule has 24 heavy (non-hydrogen) atoms.